The highest BCUT2D eigenvalue weighted by Gasteiger charge is 2.11. The maximum atomic E-state index is 5.74. The lowest BCUT2D eigenvalue weighted by Crippen LogP contribution is -2.24. The molecule has 0 aliphatic heterocycles. The van der Waals surface area contributed by atoms with E-state index in [0.717, 1.165) is 45.1 Å². The zero-order valence-corrected chi connectivity index (χ0v) is 11.5. The van der Waals surface area contributed by atoms with Gasteiger partial charge in [0, 0.05) is 19.8 Å². The molecule has 90 valence electrons. The van der Waals surface area contributed by atoms with Gasteiger partial charge in [-0.3, -0.25) is 4.99 Å². The summed E-state index contributed by atoms with van der Waals surface area (Å²) in [4.78, 5) is 4.19. The Kier molecular flexibility index (Phi) is 11.7. The van der Waals surface area contributed by atoms with E-state index in [1.807, 2.05) is 13.1 Å². The first-order valence-electron chi connectivity index (χ1n) is 6.02. The number of hydrogen-bond donors (Lipinski definition) is 0. The van der Waals surface area contributed by atoms with Crippen LogP contribution in [0.4, 0.5) is 0 Å². The van der Waals surface area contributed by atoms with Crippen LogP contribution in [0.3, 0.4) is 0 Å². The summed E-state index contributed by atoms with van der Waals surface area (Å²) in [6, 6.07) is 1.08. The molecule has 3 nitrogen and oxygen atoms in total. The van der Waals surface area contributed by atoms with Crippen molar-refractivity contribution in [2.24, 2.45) is 4.99 Å². The van der Waals surface area contributed by atoms with Gasteiger partial charge in [0.1, 0.15) is 0 Å². The van der Waals surface area contributed by atoms with Crippen LogP contribution in [0.2, 0.25) is 6.04 Å². The summed E-state index contributed by atoms with van der Waals surface area (Å²) in [7, 11) is -1.39. The van der Waals surface area contributed by atoms with Crippen LogP contribution in [0.15, 0.2) is 4.99 Å². The predicted octanol–water partition coefficient (Wildman–Crippen LogP) is 2.54. The van der Waals surface area contributed by atoms with Crippen molar-refractivity contribution in [2.45, 2.75) is 46.1 Å². The smallest absolute Gasteiger partial charge is 0.321 e. The molecule has 0 rings (SSSR count). The average molecular weight is 231 g/mol. The van der Waals surface area contributed by atoms with Crippen molar-refractivity contribution < 1.29 is 8.85 Å². The van der Waals surface area contributed by atoms with Crippen LogP contribution >= 0.6 is 0 Å². The molecule has 0 unspecified atom stereocenters. The molecule has 0 spiro atoms. The van der Waals surface area contributed by atoms with Crippen LogP contribution < -0.4 is 0 Å². The molecule has 0 amide bonds. The lowest BCUT2D eigenvalue weighted by molar-refractivity contribution is 0.196. The van der Waals surface area contributed by atoms with Gasteiger partial charge in [-0.25, -0.2) is 0 Å². The molecule has 4 heteroatoms. The summed E-state index contributed by atoms with van der Waals surface area (Å²) in [6.45, 7) is 8.82. The Labute approximate surface area is 95.7 Å². The van der Waals surface area contributed by atoms with Crippen molar-refractivity contribution in [2.75, 3.05) is 19.8 Å². The Bertz CT molecular complexity index is 146. The Morgan fingerprint density at radius 1 is 1.13 bits per heavy atom. The molecule has 0 heterocycles. The minimum atomic E-state index is -1.39. The second-order valence-electron chi connectivity index (χ2n) is 3.48. The molecule has 0 saturated carbocycles. The summed E-state index contributed by atoms with van der Waals surface area (Å²) in [5.74, 6) is 0. The molecular formula is C11H25NO2Si. The van der Waals surface area contributed by atoms with Crippen LogP contribution in [0.25, 0.3) is 0 Å². The third-order valence-corrected chi connectivity index (χ3v) is 4.02. The molecular weight excluding hydrogens is 206 g/mol. The molecule has 0 bridgehead atoms. The first-order chi connectivity index (χ1) is 7.35. The van der Waals surface area contributed by atoms with Crippen molar-refractivity contribution in [3.05, 3.63) is 0 Å². The van der Waals surface area contributed by atoms with Gasteiger partial charge in [0.15, 0.2) is 0 Å². The molecule has 0 fully saturated rings. The lowest BCUT2D eigenvalue weighted by atomic mass is 10.5. The van der Waals surface area contributed by atoms with Crippen molar-refractivity contribution >= 4 is 15.5 Å². The minimum Gasteiger partial charge on any atom is -0.397 e. The van der Waals surface area contributed by atoms with E-state index in [2.05, 4.69) is 18.8 Å². The molecule has 0 saturated heterocycles. The highest BCUT2D eigenvalue weighted by atomic mass is 28.3. The monoisotopic (exact) mass is 231 g/mol. The number of nitrogens with zero attached hydrogens (tertiary/aromatic N) is 1. The van der Waals surface area contributed by atoms with E-state index in [-0.39, 0.29) is 0 Å². The van der Waals surface area contributed by atoms with E-state index in [9.17, 15) is 0 Å². The van der Waals surface area contributed by atoms with E-state index in [4.69, 9.17) is 8.85 Å². The Morgan fingerprint density at radius 3 is 2.20 bits per heavy atom. The lowest BCUT2D eigenvalue weighted by Gasteiger charge is -2.15. The molecule has 0 radical (unpaired) electrons. The van der Waals surface area contributed by atoms with E-state index >= 15 is 0 Å². The van der Waals surface area contributed by atoms with Gasteiger partial charge in [-0.2, -0.15) is 0 Å². The van der Waals surface area contributed by atoms with Crippen molar-refractivity contribution in [3.63, 3.8) is 0 Å². The van der Waals surface area contributed by atoms with Crippen LogP contribution in [0.5, 0.6) is 0 Å². The van der Waals surface area contributed by atoms with E-state index in [0.29, 0.717) is 0 Å². The Hall–Kier alpha value is -0.193. The highest BCUT2D eigenvalue weighted by molar-refractivity contribution is 6.44. The van der Waals surface area contributed by atoms with Gasteiger partial charge in [0.2, 0.25) is 0 Å². The van der Waals surface area contributed by atoms with Gasteiger partial charge < -0.3 is 8.85 Å². The molecule has 0 aromatic heterocycles. The quantitative estimate of drug-likeness (QED) is 0.329. The van der Waals surface area contributed by atoms with E-state index < -0.39 is 9.28 Å². The van der Waals surface area contributed by atoms with E-state index in [1.54, 1.807) is 0 Å². The zero-order chi connectivity index (χ0) is 11.4. The normalized spacial score (nSPS) is 11.7. The van der Waals surface area contributed by atoms with Gasteiger partial charge in [0.25, 0.3) is 0 Å². The molecule has 0 aromatic carbocycles. The van der Waals surface area contributed by atoms with E-state index in [1.165, 1.54) is 0 Å². The molecule has 0 aliphatic carbocycles. The standard InChI is InChI=1S/C11H25NO2Si/c1-4-9-13-15(14-10-5-2)11-7-8-12-6-3/h6,15H,4-5,7-11H2,1-3H3. The molecule has 0 aliphatic rings. The van der Waals surface area contributed by atoms with Gasteiger partial charge in [-0.1, -0.05) is 13.8 Å². The largest absolute Gasteiger partial charge is 0.397 e. The minimum absolute atomic E-state index is 0.845. The summed E-state index contributed by atoms with van der Waals surface area (Å²) in [5, 5.41) is 0. The number of aliphatic imine (C=N–C) groups is 1. The summed E-state index contributed by atoms with van der Waals surface area (Å²) in [5.41, 5.74) is 0. The fourth-order valence-corrected chi connectivity index (χ4v) is 3.13. The topological polar surface area (TPSA) is 30.8 Å². The first-order valence-corrected chi connectivity index (χ1v) is 7.78. The SMILES string of the molecule is CC=NCCC[SiH](OCCC)OCCC. The second kappa shape index (κ2) is 11.9. The molecule has 0 N–H and O–H groups in total. The van der Waals surface area contributed by atoms with Crippen molar-refractivity contribution in [1.29, 1.82) is 0 Å². The first kappa shape index (κ1) is 14.8. The average Bonchev–Trinajstić information content (AvgIpc) is 2.27. The third-order valence-electron chi connectivity index (χ3n) is 1.93. The number of hydrogen-bond acceptors (Lipinski definition) is 3. The van der Waals surface area contributed by atoms with Crippen LogP contribution in [0, 0.1) is 0 Å². The van der Waals surface area contributed by atoms with Gasteiger partial charge in [-0.05, 0) is 38.4 Å². The third kappa shape index (κ3) is 10.1. The van der Waals surface area contributed by atoms with Crippen molar-refractivity contribution in [3.8, 4) is 0 Å². The summed E-state index contributed by atoms with van der Waals surface area (Å²) in [6.07, 6.45) is 5.10. The fraction of sp³-hybridized carbons (Fsp3) is 0.909. The number of rotatable bonds is 10. The highest BCUT2D eigenvalue weighted by Crippen LogP contribution is 2.03. The maximum Gasteiger partial charge on any atom is 0.321 e. The molecule has 0 aromatic rings. The van der Waals surface area contributed by atoms with Gasteiger partial charge in [-0.15, -0.1) is 0 Å². The van der Waals surface area contributed by atoms with Crippen molar-refractivity contribution in [1.82, 2.24) is 0 Å². The van der Waals surface area contributed by atoms with Crippen LogP contribution in [-0.4, -0.2) is 35.3 Å². The summed E-state index contributed by atoms with van der Waals surface area (Å²) >= 11 is 0. The Balaban J connectivity index is 3.58. The second-order valence-corrected chi connectivity index (χ2v) is 5.58. The van der Waals surface area contributed by atoms with Crippen LogP contribution in [-0.2, 0) is 8.85 Å². The zero-order valence-electron chi connectivity index (χ0n) is 10.4. The Morgan fingerprint density at radius 2 is 1.73 bits per heavy atom. The summed E-state index contributed by atoms with van der Waals surface area (Å²) < 4.78 is 11.5. The molecule has 0 atom stereocenters. The van der Waals surface area contributed by atoms with Gasteiger partial charge >= 0.3 is 9.28 Å². The fourth-order valence-electron chi connectivity index (χ4n) is 1.19. The molecule has 15 heavy (non-hydrogen) atoms. The van der Waals surface area contributed by atoms with Crippen LogP contribution in [0.1, 0.15) is 40.0 Å². The predicted molar refractivity (Wildman–Crippen MR) is 68.1 cm³/mol. The van der Waals surface area contributed by atoms with Gasteiger partial charge in [0.05, 0.1) is 0 Å². The maximum absolute atomic E-state index is 5.74.